The van der Waals surface area contributed by atoms with E-state index >= 15 is 0 Å². The fourth-order valence-corrected chi connectivity index (χ4v) is 3.64. The summed E-state index contributed by atoms with van der Waals surface area (Å²) in [6, 6.07) is 8.33. The van der Waals surface area contributed by atoms with Gasteiger partial charge in [-0.25, -0.2) is 14.6 Å². The minimum Gasteiger partial charge on any atom is -0.445 e. The smallest absolute Gasteiger partial charge is 0.417 e. The van der Waals surface area contributed by atoms with E-state index in [-0.39, 0.29) is 18.5 Å². The number of carbonyl (C=O) groups excluding carboxylic acids is 2. The third-order valence-corrected chi connectivity index (χ3v) is 5.39. The molecule has 0 spiro atoms. The van der Waals surface area contributed by atoms with Crippen LogP contribution in [0.4, 0.5) is 4.79 Å². The van der Waals surface area contributed by atoms with Gasteiger partial charge in [0.15, 0.2) is 11.4 Å². The molecule has 10 heteroatoms. The molecule has 4 rings (SSSR count). The highest BCUT2D eigenvalue weighted by molar-refractivity contribution is 6.29. The van der Waals surface area contributed by atoms with Crippen LogP contribution in [-0.4, -0.2) is 64.4 Å². The molecule has 0 saturated carbocycles. The number of halogens is 1. The molecule has 31 heavy (non-hydrogen) atoms. The number of carbonyl (C=O) groups is 2. The van der Waals surface area contributed by atoms with Crippen LogP contribution in [-0.2, 0) is 11.3 Å². The number of Topliss-reactive ketones (excluding diaryl/α,β-unsaturated/α-hetero) is 1. The van der Waals surface area contributed by atoms with Crippen LogP contribution in [0.1, 0.15) is 22.3 Å². The number of rotatable bonds is 6. The number of nitrogens with one attached hydrogen (secondary N) is 1. The van der Waals surface area contributed by atoms with Crippen molar-refractivity contribution >= 4 is 34.6 Å². The van der Waals surface area contributed by atoms with Crippen molar-refractivity contribution in [3.8, 4) is 0 Å². The zero-order valence-electron chi connectivity index (χ0n) is 16.7. The number of fused-ring (bicyclic) bond motifs is 1. The number of hydrogen-bond acceptors (Lipinski definition) is 7. The maximum Gasteiger partial charge on any atom is 0.417 e. The molecule has 0 atom stereocenters. The van der Waals surface area contributed by atoms with Crippen molar-refractivity contribution in [2.45, 2.75) is 13.0 Å². The molecule has 9 nitrogen and oxygen atoms in total. The van der Waals surface area contributed by atoms with Gasteiger partial charge in [0.1, 0.15) is 11.8 Å². The van der Waals surface area contributed by atoms with Crippen molar-refractivity contribution in [1.29, 1.82) is 0 Å². The molecule has 0 radical (unpaired) electrons. The molecule has 2 aromatic heterocycles. The lowest BCUT2D eigenvalue weighted by Gasteiger charge is -2.33. The van der Waals surface area contributed by atoms with Gasteiger partial charge in [-0.05, 0) is 35.9 Å². The molecule has 0 unspecified atom stereocenters. The van der Waals surface area contributed by atoms with Crippen LogP contribution in [0.2, 0.25) is 5.15 Å². The second-order valence-electron chi connectivity index (χ2n) is 7.27. The number of nitrogens with zero attached hydrogens (tertiary/aromatic N) is 3. The van der Waals surface area contributed by atoms with Gasteiger partial charge in [0, 0.05) is 50.9 Å². The van der Waals surface area contributed by atoms with Crippen molar-refractivity contribution in [3.63, 3.8) is 0 Å². The lowest BCUT2D eigenvalue weighted by molar-refractivity contribution is 0.0696. The van der Waals surface area contributed by atoms with E-state index in [0.29, 0.717) is 61.0 Å². The summed E-state index contributed by atoms with van der Waals surface area (Å²) < 4.78 is 10.4. The Morgan fingerprint density at radius 1 is 1.16 bits per heavy atom. The van der Waals surface area contributed by atoms with Gasteiger partial charge in [0.25, 0.3) is 0 Å². The molecule has 1 amide bonds. The summed E-state index contributed by atoms with van der Waals surface area (Å²) in [7, 11) is 0. The fraction of sp³-hybridized carbons (Fsp3) is 0.333. The highest BCUT2D eigenvalue weighted by Crippen LogP contribution is 2.15. The molecule has 1 saturated heterocycles. The normalized spacial score (nSPS) is 14.7. The molecular weight excluding hydrogens is 424 g/mol. The first-order valence-corrected chi connectivity index (χ1v) is 10.3. The van der Waals surface area contributed by atoms with Gasteiger partial charge in [-0.3, -0.25) is 14.7 Å². The summed E-state index contributed by atoms with van der Waals surface area (Å²) in [6.45, 7) is 3.12. The zero-order chi connectivity index (χ0) is 21.8. The number of oxazole rings is 1. The van der Waals surface area contributed by atoms with Crippen LogP contribution in [0.5, 0.6) is 0 Å². The standard InChI is InChI=1S/C21H21ClN4O5/c22-19-11-14(3-5-23-19)13-30-21(29)26-9-7-25(8-10-26)6-4-17(27)15-1-2-16-18(12-15)31-20(28)24-16/h1-3,5,11-12H,4,6-10,13H2,(H,24,28). The Labute approximate surface area is 182 Å². The Kier molecular flexibility index (Phi) is 6.34. The van der Waals surface area contributed by atoms with Crippen molar-refractivity contribution < 1.29 is 18.7 Å². The summed E-state index contributed by atoms with van der Waals surface area (Å²) in [6.07, 6.45) is 1.54. The second-order valence-corrected chi connectivity index (χ2v) is 7.66. The average Bonchev–Trinajstić information content (AvgIpc) is 3.15. The van der Waals surface area contributed by atoms with Crippen LogP contribution < -0.4 is 5.76 Å². The molecule has 0 aliphatic carbocycles. The first-order chi connectivity index (χ1) is 15.0. The van der Waals surface area contributed by atoms with E-state index in [1.165, 1.54) is 0 Å². The Morgan fingerprint density at radius 2 is 1.97 bits per heavy atom. The number of H-pyrrole nitrogens is 1. The van der Waals surface area contributed by atoms with Crippen molar-refractivity contribution in [3.05, 3.63) is 63.4 Å². The molecule has 3 heterocycles. The van der Waals surface area contributed by atoms with E-state index in [1.807, 2.05) is 0 Å². The number of ether oxygens (including phenoxy) is 1. The predicted molar refractivity (Wildman–Crippen MR) is 113 cm³/mol. The van der Waals surface area contributed by atoms with E-state index < -0.39 is 5.76 Å². The molecule has 1 aromatic carbocycles. The maximum absolute atomic E-state index is 12.5. The fourth-order valence-electron chi connectivity index (χ4n) is 3.45. The summed E-state index contributed by atoms with van der Waals surface area (Å²) in [5, 5.41) is 0.356. The van der Waals surface area contributed by atoms with Crippen LogP contribution >= 0.6 is 11.6 Å². The van der Waals surface area contributed by atoms with Gasteiger partial charge < -0.3 is 14.1 Å². The third-order valence-electron chi connectivity index (χ3n) is 5.18. The minimum atomic E-state index is -0.541. The minimum absolute atomic E-state index is 0.0244. The van der Waals surface area contributed by atoms with Gasteiger partial charge >= 0.3 is 11.8 Å². The van der Waals surface area contributed by atoms with E-state index in [9.17, 15) is 14.4 Å². The van der Waals surface area contributed by atoms with Crippen LogP contribution in [0.25, 0.3) is 11.1 Å². The molecule has 3 aromatic rings. The zero-order valence-corrected chi connectivity index (χ0v) is 17.4. The number of hydrogen-bond donors (Lipinski definition) is 1. The van der Waals surface area contributed by atoms with Gasteiger partial charge in [0.05, 0.1) is 5.52 Å². The van der Waals surface area contributed by atoms with Gasteiger partial charge in [0.2, 0.25) is 0 Å². The van der Waals surface area contributed by atoms with Crippen molar-refractivity contribution in [2.75, 3.05) is 32.7 Å². The summed E-state index contributed by atoms with van der Waals surface area (Å²) in [4.78, 5) is 46.3. The quantitative estimate of drug-likeness (QED) is 0.460. The number of pyridine rings is 1. The predicted octanol–water partition coefficient (Wildman–Crippen LogP) is 2.70. The summed E-state index contributed by atoms with van der Waals surface area (Å²) >= 11 is 5.83. The van der Waals surface area contributed by atoms with E-state index in [2.05, 4.69) is 14.9 Å². The van der Waals surface area contributed by atoms with Gasteiger partial charge in [-0.1, -0.05) is 11.6 Å². The first kappa shape index (κ1) is 21.1. The number of amides is 1. The highest BCUT2D eigenvalue weighted by atomic mass is 35.5. The topological polar surface area (TPSA) is 109 Å². The molecule has 1 fully saturated rings. The number of benzene rings is 1. The second kappa shape index (κ2) is 9.32. The number of piperazine rings is 1. The van der Waals surface area contributed by atoms with E-state index in [0.717, 1.165) is 5.56 Å². The summed E-state index contributed by atoms with van der Waals surface area (Å²) in [5.41, 5.74) is 2.23. The lowest BCUT2D eigenvalue weighted by Crippen LogP contribution is -2.49. The SMILES string of the molecule is O=C(CCN1CCN(C(=O)OCc2ccnc(Cl)c2)CC1)c1ccc2[nH]c(=O)oc2c1. The van der Waals surface area contributed by atoms with Gasteiger partial charge in [-0.2, -0.15) is 0 Å². The number of ketones is 1. The third kappa shape index (κ3) is 5.31. The van der Waals surface area contributed by atoms with Crippen molar-refractivity contribution in [1.82, 2.24) is 19.8 Å². The Morgan fingerprint density at radius 3 is 2.74 bits per heavy atom. The highest BCUT2D eigenvalue weighted by Gasteiger charge is 2.22. The molecule has 1 aliphatic heterocycles. The molecule has 1 N–H and O–H groups in total. The van der Waals surface area contributed by atoms with Gasteiger partial charge in [-0.15, -0.1) is 0 Å². The lowest BCUT2D eigenvalue weighted by atomic mass is 10.1. The Balaban J connectivity index is 1.21. The monoisotopic (exact) mass is 444 g/mol. The molecule has 0 bridgehead atoms. The number of aromatic amines is 1. The molecule has 1 aliphatic rings. The largest absolute Gasteiger partial charge is 0.445 e. The van der Waals surface area contributed by atoms with Crippen LogP contribution in [0.3, 0.4) is 0 Å². The summed E-state index contributed by atoms with van der Waals surface area (Å²) in [5.74, 6) is -0.566. The molecular formula is C21H21ClN4O5. The van der Waals surface area contributed by atoms with E-state index in [4.69, 9.17) is 20.8 Å². The van der Waals surface area contributed by atoms with Crippen LogP contribution in [0, 0.1) is 0 Å². The number of aromatic nitrogens is 2. The molecule has 162 valence electrons. The average molecular weight is 445 g/mol. The Bertz CT molecular complexity index is 1150. The first-order valence-electron chi connectivity index (χ1n) is 9.88. The maximum atomic E-state index is 12.5. The van der Waals surface area contributed by atoms with Crippen molar-refractivity contribution in [2.24, 2.45) is 0 Å². The van der Waals surface area contributed by atoms with Crippen LogP contribution in [0.15, 0.2) is 45.7 Å². The Hall–Kier alpha value is -3.17. The van der Waals surface area contributed by atoms with E-state index in [1.54, 1.807) is 41.4 Å².